The number of rotatable bonds is 0. The summed E-state index contributed by atoms with van der Waals surface area (Å²) >= 11 is 0. The van der Waals surface area contributed by atoms with Crippen molar-refractivity contribution < 1.29 is 14.3 Å². The lowest BCUT2D eigenvalue weighted by atomic mass is 10.0. The second-order valence-corrected chi connectivity index (χ2v) is 3.00. The standard InChI is InChI=1S/C8H8O3/c1-4-2-6(9)5-3-11-8(10)7(4)5/h4H,2-3H2,1H3. The molecule has 1 atom stereocenters. The summed E-state index contributed by atoms with van der Waals surface area (Å²) in [4.78, 5) is 22.1. The van der Waals surface area contributed by atoms with Crippen LogP contribution in [0.5, 0.6) is 0 Å². The van der Waals surface area contributed by atoms with Gasteiger partial charge in [-0.3, -0.25) is 4.79 Å². The minimum Gasteiger partial charge on any atom is -0.457 e. The number of esters is 1. The number of carbonyl (C=O) groups excluding carboxylic acids is 2. The molecule has 0 radical (unpaired) electrons. The Balaban J connectivity index is 2.46. The van der Waals surface area contributed by atoms with E-state index in [9.17, 15) is 9.59 Å². The average molecular weight is 152 g/mol. The fourth-order valence-corrected chi connectivity index (χ4v) is 1.65. The molecule has 0 aromatic rings. The molecule has 3 nitrogen and oxygen atoms in total. The van der Waals surface area contributed by atoms with Gasteiger partial charge in [0.05, 0.1) is 5.57 Å². The summed E-state index contributed by atoms with van der Waals surface area (Å²) < 4.78 is 4.73. The van der Waals surface area contributed by atoms with E-state index in [-0.39, 0.29) is 24.3 Å². The van der Waals surface area contributed by atoms with Crippen molar-refractivity contribution in [2.45, 2.75) is 13.3 Å². The summed E-state index contributed by atoms with van der Waals surface area (Å²) in [6, 6.07) is 0. The van der Waals surface area contributed by atoms with Gasteiger partial charge in [0.2, 0.25) is 0 Å². The zero-order valence-electron chi connectivity index (χ0n) is 6.22. The number of Topliss-reactive ketones (excluding diaryl/α,β-unsaturated/α-hetero) is 1. The van der Waals surface area contributed by atoms with Gasteiger partial charge in [-0.25, -0.2) is 4.79 Å². The van der Waals surface area contributed by atoms with Crippen molar-refractivity contribution >= 4 is 11.8 Å². The quantitative estimate of drug-likeness (QED) is 0.473. The number of carbonyl (C=O) groups is 2. The second-order valence-electron chi connectivity index (χ2n) is 3.00. The van der Waals surface area contributed by atoms with Crippen molar-refractivity contribution in [2.24, 2.45) is 5.92 Å². The van der Waals surface area contributed by atoms with Crippen molar-refractivity contribution in [3.8, 4) is 0 Å². The number of hydrogen-bond donors (Lipinski definition) is 0. The minimum absolute atomic E-state index is 0.0764. The van der Waals surface area contributed by atoms with Gasteiger partial charge >= 0.3 is 5.97 Å². The van der Waals surface area contributed by atoms with Gasteiger partial charge in [0, 0.05) is 12.0 Å². The highest BCUT2D eigenvalue weighted by Gasteiger charge is 2.38. The molecule has 0 aromatic heterocycles. The third kappa shape index (κ3) is 0.737. The number of ketones is 1. The summed E-state index contributed by atoms with van der Waals surface area (Å²) in [7, 11) is 0. The summed E-state index contributed by atoms with van der Waals surface area (Å²) in [5.74, 6) is -0.135. The van der Waals surface area contributed by atoms with Crippen LogP contribution in [0.4, 0.5) is 0 Å². The third-order valence-electron chi connectivity index (χ3n) is 2.21. The Morgan fingerprint density at radius 1 is 1.45 bits per heavy atom. The first-order valence-corrected chi connectivity index (χ1v) is 3.63. The Kier molecular flexibility index (Phi) is 1.16. The molecule has 58 valence electrons. The lowest BCUT2D eigenvalue weighted by molar-refractivity contribution is -0.136. The summed E-state index contributed by atoms with van der Waals surface area (Å²) in [6.45, 7) is 2.09. The van der Waals surface area contributed by atoms with Crippen molar-refractivity contribution in [2.75, 3.05) is 6.61 Å². The van der Waals surface area contributed by atoms with Crippen LogP contribution in [0.15, 0.2) is 11.1 Å². The largest absolute Gasteiger partial charge is 0.457 e. The SMILES string of the molecule is CC1CC(=O)C2=C1C(=O)OC2. The molecule has 0 aromatic carbocycles. The fourth-order valence-electron chi connectivity index (χ4n) is 1.65. The maximum atomic E-state index is 11.1. The van der Waals surface area contributed by atoms with E-state index >= 15 is 0 Å². The van der Waals surface area contributed by atoms with Crippen LogP contribution in [0.25, 0.3) is 0 Å². The molecule has 0 bridgehead atoms. The molecule has 0 saturated heterocycles. The van der Waals surface area contributed by atoms with Crippen molar-refractivity contribution in [3.63, 3.8) is 0 Å². The van der Waals surface area contributed by atoms with Gasteiger partial charge in [-0.1, -0.05) is 6.92 Å². The molecule has 11 heavy (non-hydrogen) atoms. The van der Waals surface area contributed by atoms with E-state index in [0.717, 1.165) is 0 Å². The lowest BCUT2D eigenvalue weighted by Gasteiger charge is -2.02. The Bertz CT molecular complexity index is 273. The van der Waals surface area contributed by atoms with Crippen LogP contribution in [0.1, 0.15) is 13.3 Å². The van der Waals surface area contributed by atoms with E-state index in [0.29, 0.717) is 17.6 Å². The van der Waals surface area contributed by atoms with Crippen LogP contribution in [0.3, 0.4) is 0 Å². The predicted octanol–water partition coefficient (Wildman–Crippen LogP) is 0.449. The van der Waals surface area contributed by atoms with Crippen LogP contribution >= 0.6 is 0 Å². The monoisotopic (exact) mass is 152 g/mol. The molecule has 1 heterocycles. The average Bonchev–Trinajstić information content (AvgIpc) is 2.41. The summed E-state index contributed by atoms with van der Waals surface area (Å²) in [6.07, 6.45) is 0.486. The Hall–Kier alpha value is -1.12. The highest BCUT2D eigenvalue weighted by Crippen LogP contribution is 2.33. The van der Waals surface area contributed by atoms with Crippen LogP contribution in [0, 0.1) is 5.92 Å². The molecular formula is C8H8O3. The molecule has 2 aliphatic rings. The molecule has 1 aliphatic heterocycles. The molecule has 3 heteroatoms. The first kappa shape index (κ1) is 6.58. The summed E-state index contributed by atoms with van der Waals surface area (Å²) in [5.41, 5.74) is 1.23. The van der Waals surface area contributed by atoms with E-state index in [1.807, 2.05) is 6.92 Å². The highest BCUT2D eigenvalue weighted by molar-refractivity contribution is 6.10. The van der Waals surface area contributed by atoms with E-state index in [1.54, 1.807) is 0 Å². The minimum atomic E-state index is -0.293. The smallest absolute Gasteiger partial charge is 0.335 e. The lowest BCUT2D eigenvalue weighted by Crippen LogP contribution is -2.08. The zero-order valence-corrected chi connectivity index (χ0v) is 6.22. The molecule has 0 spiro atoms. The number of ether oxygens (including phenoxy) is 1. The van der Waals surface area contributed by atoms with Gasteiger partial charge < -0.3 is 4.74 Å². The fraction of sp³-hybridized carbons (Fsp3) is 0.500. The van der Waals surface area contributed by atoms with Crippen molar-refractivity contribution in [1.29, 1.82) is 0 Å². The Labute approximate surface area is 64.0 Å². The molecule has 0 saturated carbocycles. The van der Waals surface area contributed by atoms with Crippen LogP contribution in [0.2, 0.25) is 0 Å². The normalized spacial score (nSPS) is 29.4. The van der Waals surface area contributed by atoms with Gasteiger partial charge in [-0.05, 0) is 5.92 Å². The van der Waals surface area contributed by atoms with Crippen molar-refractivity contribution in [1.82, 2.24) is 0 Å². The maximum Gasteiger partial charge on any atom is 0.335 e. The predicted molar refractivity (Wildman–Crippen MR) is 36.8 cm³/mol. The van der Waals surface area contributed by atoms with E-state index in [2.05, 4.69) is 0 Å². The topological polar surface area (TPSA) is 43.4 Å². The number of hydrogen-bond acceptors (Lipinski definition) is 3. The van der Waals surface area contributed by atoms with Crippen LogP contribution in [-0.2, 0) is 14.3 Å². The molecule has 0 N–H and O–H groups in total. The molecule has 1 aliphatic carbocycles. The molecule has 2 rings (SSSR count). The summed E-state index contributed by atoms with van der Waals surface area (Å²) in [5, 5.41) is 0. The van der Waals surface area contributed by atoms with E-state index in [1.165, 1.54) is 0 Å². The molecule has 0 amide bonds. The van der Waals surface area contributed by atoms with Crippen molar-refractivity contribution in [3.05, 3.63) is 11.1 Å². The maximum absolute atomic E-state index is 11.1. The van der Waals surface area contributed by atoms with Gasteiger partial charge in [0.1, 0.15) is 6.61 Å². The van der Waals surface area contributed by atoms with Gasteiger partial charge in [0.25, 0.3) is 0 Å². The zero-order chi connectivity index (χ0) is 8.01. The van der Waals surface area contributed by atoms with Crippen LogP contribution < -0.4 is 0 Å². The van der Waals surface area contributed by atoms with Gasteiger partial charge in [0.15, 0.2) is 5.78 Å². The molecule has 1 unspecified atom stereocenters. The van der Waals surface area contributed by atoms with Gasteiger partial charge in [-0.2, -0.15) is 0 Å². The molecular weight excluding hydrogens is 144 g/mol. The first-order valence-electron chi connectivity index (χ1n) is 3.63. The highest BCUT2D eigenvalue weighted by atomic mass is 16.5. The van der Waals surface area contributed by atoms with Crippen LogP contribution in [-0.4, -0.2) is 18.4 Å². The van der Waals surface area contributed by atoms with Gasteiger partial charge in [-0.15, -0.1) is 0 Å². The second kappa shape index (κ2) is 1.94. The third-order valence-corrected chi connectivity index (χ3v) is 2.21. The number of cyclic esters (lactones) is 1. The Morgan fingerprint density at radius 2 is 2.18 bits per heavy atom. The Morgan fingerprint density at radius 3 is 2.82 bits per heavy atom. The van der Waals surface area contributed by atoms with E-state index in [4.69, 9.17) is 4.74 Å². The van der Waals surface area contributed by atoms with E-state index < -0.39 is 0 Å². The molecule has 0 fully saturated rings. The first-order chi connectivity index (χ1) is 5.20.